The molecule has 24 heavy (non-hydrogen) atoms. The number of hydrogen-bond acceptors (Lipinski definition) is 1. The number of carbonyl (C=O) groups excluding carboxylic acids is 1. The molecule has 0 unspecified atom stereocenters. The molecule has 2 nitrogen and oxygen atoms in total. The zero-order valence-corrected chi connectivity index (χ0v) is 14.6. The topological polar surface area (TPSA) is 20.3 Å². The summed E-state index contributed by atoms with van der Waals surface area (Å²) in [5.74, 6) is -0.414. The maximum absolute atomic E-state index is 13.4. The molecular weight excluding hydrogens is 348 g/mol. The van der Waals surface area contributed by atoms with Gasteiger partial charge in [0.25, 0.3) is 5.91 Å². The van der Waals surface area contributed by atoms with E-state index in [1.165, 1.54) is 18.2 Å². The van der Waals surface area contributed by atoms with E-state index in [9.17, 15) is 9.18 Å². The van der Waals surface area contributed by atoms with Crippen molar-refractivity contribution in [3.05, 3.63) is 69.5 Å². The number of halogens is 3. The lowest BCUT2D eigenvalue weighted by Crippen LogP contribution is -2.41. The predicted octanol–water partition coefficient (Wildman–Crippen LogP) is 5.51. The number of nitrogens with zero attached hydrogens (tertiary/aromatic N) is 1. The number of anilines is 1. The molecule has 0 spiro atoms. The molecule has 0 radical (unpaired) electrons. The van der Waals surface area contributed by atoms with Gasteiger partial charge in [-0.25, -0.2) is 4.39 Å². The standard InChI is InChI=1S/C19H16Cl2FNO/c1-12-2-5-14-11-15(22)6-8-18(14)23(12)19(24)9-4-13-3-7-16(20)17(21)10-13/h3-4,6-12H,2,5H2,1H3/t12-/m0/s1. The van der Waals surface area contributed by atoms with Crippen LogP contribution in [0.4, 0.5) is 10.1 Å². The Balaban J connectivity index is 1.86. The molecule has 1 atom stereocenters. The summed E-state index contributed by atoms with van der Waals surface area (Å²) < 4.78 is 13.4. The van der Waals surface area contributed by atoms with E-state index in [-0.39, 0.29) is 17.8 Å². The predicted molar refractivity (Wildman–Crippen MR) is 97.2 cm³/mol. The van der Waals surface area contributed by atoms with Crippen LogP contribution in [0.2, 0.25) is 10.0 Å². The Labute approximate surface area is 150 Å². The Kier molecular flexibility index (Phi) is 4.93. The van der Waals surface area contributed by atoms with Crippen molar-refractivity contribution in [2.75, 3.05) is 4.90 Å². The first-order chi connectivity index (χ1) is 11.5. The second-order valence-electron chi connectivity index (χ2n) is 5.88. The molecular formula is C19H16Cl2FNO. The average molecular weight is 364 g/mol. The molecule has 1 aliphatic rings. The summed E-state index contributed by atoms with van der Waals surface area (Å²) in [7, 11) is 0. The van der Waals surface area contributed by atoms with Crippen molar-refractivity contribution in [2.24, 2.45) is 0 Å². The van der Waals surface area contributed by atoms with Crippen molar-refractivity contribution in [2.45, 2.75) is 25.8 Å². The van der Waals surface area contributed by atoms with E-state index in [0.29, 0.717) is 10.0 Å². The smallest absolute Gasteiger partial charge is 0.251 e. The number of amides is 1. The number of carbonyl (C=O) groups is 1. The maximum Gasteiger partial charge on any atom is 0.251 e. The van der Waals surface area contributed by atoms with Gasteiger partial charge >= 0.3 is 0 Å². The van der Waals surface area contributed by atoms with E-state index in [1.54, 1.807) is 35.2 Å². The molecule has 2 aromatic carbocycles. The minimum absolute atomic E-state index is 0.0638. The van der Waals surface area contributed by atoms with E-state index in [1.807, 2.05) is 6.92 Å². The van der Waals surface area contributed by atoms with Gasteiger partial charge in [0.2, 0.25) is 0 Å². The largest absolute Gasteiger partial charge is 0.306 e. The minimum Gasteiger partial charge on any atom is -0.306 e. The lowest BCUT2D eigenvalue weighted by atomic mass is 9.96. The third-order valence-corrected chi connectivity index (χ3v) is 4.91. The van der Waals surface area contributed by atoms with Gasteiger partial charge in [0.05, 0.1) is 10.0 Å². The molecule has 0 saturated carbocycles. The van der Waals surface area contributed by atoms with Crippen LogP contribution in [0.15, 0.2) is 42.5 Å². The number of hydrogen-bond donors (Lipinski definition) is 0. The van der Waals surface area contributed by atoms with Crippen LogP contribution in [0, 0.1) is 5.82 Å². The van der Waals surface area contributed by atoms with Crippen LogP contribution >= 0.6 is 23.2 Å². The van der Waals surface area contributed by atoms with Gasteiger partial charge in [0.15, 0.2) is 0 Å². The van der Waals surface area contributed by atoms with Crippen LogP contribution in [-0.4, -0.2) is 11.9 Å². The lowest BCUT2D eigenvalue weighted by molar-refractivity contribution is -0.114. The van der Waals surface area contributed by atoms with Gasteiger partial charge in [-0.3, -0.25) is 4.79 Å². The van der Waals surface area contributed by atoms with Crippen LogP contribution < -0.4 is 4.90 Å². The van der Waals surface area contributed by atoms with Gasteiger partial charge in [-0.1, -0.05) is 29.3 Å². The van der Waals surface area contributed by atoms with E-state index in [4.69, 9.17) is 23.2 Å². The van der Waals surface area contributed by atoms with Crippen molar-refractivity contribution < 1.29 is 9.18 Å². The number of benzene rings is 2. The van der Waals surface area contributed by atoms with Crippen molar-refractivity contribution in [1.82, 2.24) is 0 Å². The third kappa shape index (κ3) is 3.47. The summed E-state index contributed by atoms with van der Waals surface area (Å²) in [6.45, 7) is 2.00. The zero-order chi connectivity index (χ0) is 17.3. The molecule has 5 heteroatoms. The van der Waals surface area contributed by atoms with Crippen LogP contribution in [0.25, 0.3) is 6.08 Å². The molecule has 1 heterocycles. The first-order valence-corrected chi connectivity index (χ1v) is 8.46. The van der Waals surface area contributed by atoms with Crippen molar-refractivity contribution >= 4 is 40.9 Å². The van der Waals surface area contributed by atoms with Crippen LogP contribution in [0.1, 0.15) is 24.5 Å². The van der Waals surface area contributed by atoms with Gasteiger partial charge in [-0.2, -0.15) is 0 Å². The molecule has 1 amide bonds. The highest BCUT2D eigenvalue weighted by molar-refractivity contribution is 6.42. The fraction of sp³-hybridized carbons (Fsp3) is 0.211. The number of aryl methyl sites for hydroxylation is 1. The second-order valence-corrected chi connectivity index (χ2v) is 6.69. The molecule has 0 aliphatic carbocycles. The molecule has 3 rings (SSSR count). The number of fused-ring (bicyclic) bond motifs is 1. The Morgan fingerprint density at radius 1 is 1.21 bits per heavy atom. The Morgan fingerprint density at radius 3 is 2.75 bits per heavy atom. The van der Waals surface area contributed by atoms with E-state index < -0.39 is 0 Å². The Hall–Kier alpha value is -1.84. The normalized spacial score (nSPS) is 17.2. The lowest BCUT2D eigenvalue weighted by Gasteiger charge is -2.34. The van der Waals surface area contributed by atoms with Gasteiger partial charge in [-0.05, 0) is 67.3 Å². The Bertz CT molecular complexity index is 819. The van der Waals surface area contributed by atoms with E-state index in [2.05, 4.69) is 0 Å². The van der Waals surface area contributed by atoms with E-state index >= 15 is 0 Å². The molecule has 0 aromatic heterocycles. The van der Waals surface area contributed by atoms with Crippen molar-refractivity contribution in [3.63, 3.8) is 0 Å². The van der Waals surface area contributed by atoms with Crippen molar-refractivity contribution in [1.29, 1.82) is 0 Å². The monoisotopic (exact) mass is 363 g/mol. The third-order valence-electron chi connectivity index (χ3n) is 4.17. The minimum atomic E-state index is -0.276. The summed E-state index contributed by atoms with van der Waals surface area (Å²) in [6, 6.07) is 9.82. The van der Waals surface area contributed by atoms with Gasteiger partial charge in [-0.15, -0.1) is 0 Å². The van der Waals surface area contributed by atoms with Crippen LogP contribution in [0.5, 0.6) is 0 Å². The molecule has 0 N–H and O–H groups in total. The molecule has 124 valence electrons. The van der Waals surface area contributed by atoms with Gasteiger partial charge in [0.1, 0.15) is 5.82 Å². The van der Waals surface area contributed by atoms with Crippen molar-refractivity contribution in [3.8, 4) is 0 Å². The fourth-order valence-corrected chi connectivity index (χ4v) is 3.23. The maximum atomic E-state index is 13.4. The molecule has 2 aromatic rings. The average Bonchev–Trinajstić information content (AvgIpc) is 2.55. The quantitative estimate of drug-likeness (QED) is 0.643. The SMILES string of the molecule is C[C@H]1CCc2cc(F)ccc2N1C(=O)C=Cc1ccc(Cl)c(Cl)c1. The summed E-state index contributed by atoms with van der Waals surface area (Å²) in [6.07, 6.45) is 4.79. The summed E-state index contributed by atoms with van der Waals surface area (Å²) >= 11 is 11.9. The molecule has 0 fully saturated rings. The zero-order valence-electron chi connectivity index (χ0n) is 13.1. The molecule has 0 saturated heterocycles. The summed E-state index contributed by atoms with van der Waals surface area (Å²) in [5, 5.41) is 0.916. The first kappa shape index (κ1) is 17.0. The Morgan fingerprint density at radius 2 is 2.00 bits per heavy atom. The first-order valence-electron chi connectivity index (χ1n) is 7.70. The highest BCUT2D eigenvalue weighted by Gasteiger charge is 2.27. The van der Waals surface area contributed by atoms with Gasteiger partial charge in [0, 0.05) is 17.8 Å². The highest BCUT2D eigenvalue weighted by atomic mass is 35.5. The second kappa shape index (κ2) is 6.96. The fourth-order valence-electron chi connectivity index (χ4n) is 2.92. The summed E-state index contributed by atoms with van der Waals surface area (Å²) in [4.78, 5) is 14.4. The highest BCUT2D eigenvalue weighted by Crippen LogP contribution is 2.31. The van der Waals surface area contributed by atoms with Gasteiger partial charge < -0.3 is 4.90 Å². The van der Waals surface area contributed by atoms with Crippen LogP contribution in [-0.2, 0) is 11.2 Å². The summed E-state index contributed by atoms with van der Waals surface area (Å²) in [5.41, 5.74) is 2.44. The molecule has 1 aliphatic heterocycles. The molecule has 0 bridgehead atoms. The number of rotatable bonds is 2. The van der Waals surface area contributed by atoms with E-state index in [0.717, 1.165) is 29.7 Å². The van der Waals surface area contributed by atoms with Crippen LogP contribution in [0.3, 0.4) is 0 Å².